The average molecular weight is 580 g/mol. The quantitative estimate of drug-likeness (QED) is 0.413. The Labute approximate surface area is 244 Å². The van der Waals surface area contributed by atoms with Crippen LogP contribution in [0.4, 0.5) is 0 Å². The number of nitrogens with one attached hydrogen (secondary N) is 2. The summed E-state index contributed by atoms with van der Waals surface area (Å²) in [5.74, 6) is -1.59. The molecule has 0 unspecified atom stereocenters. The summed E-state index contributed by atoms with van der Waals surface area (Å²) < 4.78 is 0. The topological polar surface area (TPSA) is 152 Å². The van der Waals surface area contributed by atoms with Gasteiger partial charge < -0.3 is 20.6 Å². The molecule has 10 nitrogen and oxygen atoms in total. The van der Waals surface area contributed by atoms with Crippen LogP contribution in [-0.2, 0) is 19.2 Å². The van der Waals surface area contributed by atoms with Crippen LogP contribution in [0.3, 0.4) is 0 Å². The van der Waals surface area contributed by atoms with E-state index in [1.807, 2.05) is 37.3 Å². The zero-order chi connectivity index (χ0) is 30.1. The van der Waals surface area contributed by atoms with Crippen LogP contribution in [0.15, 0.2) is 29.8 Å². The second kappa shape index (κ2) is 11.7. The van der Waals surface area contributed by atoms with E-state index in [4.69, 9.17) is 0 Å². The lowest BCUT2D eigenvalue weighted by Crippen LogP contribution is -2.58. The van der Waals surface area contributed by atoms with Crippen molar-refractivity contribution in [3.8, 4) is 16.5 Å². The number of carbonyl (C=O) groups is 4. The summed E-state index contributed by atoms with van der Waals surface area (Å²) in [7, 11) is 0. The van der Waals surface area contributed by atoms with E-state index in [0.29, 0.717) is 12.8 Å². The van der Waals surface area contributed by atoms with Gasteiger partial charge >= 0.3 is 0 Å². The fourth-order valence-electron chi connectivity index (χ4n) is 5.16. The van der Waals surface area contributed by atoms with Gasteiger partial charge in [-0.3, -0.25) is 19.2 Å². The number of likely N-dealkylation sites (tertiary alicyclic amines) is 1. The number of thiazole rings is 1. The molecule has 218 valence electrons. The third-order valence-electron chi connectivity index (χ3n) is 7.78. The summed E-state index contributed by atoms with van der Waals surface area (Å²) in [6.07, 6.45) is 0.0472. The van der Waals surface area contributed by atoms with E-state index < -0.39 is 52.8 Å². The summed E-state index contributed by atoms with van der Waals surface area (Å²) in [6.45, 7) is 8.71. The van der Waals surface area contributed by atoms with Gasteiger partial charge in [-0.25, -0.2) is 4.98 Å². The number of nitrogens with zero attached hydrogens (tertiary/aromatic N) is 3. The summed E-state index contributed by atoms with van der Waals surface area (Å²) in [4.78, 5) is 59.1. The van der Waals surface area contributed by atoms with E-state index >= 15 is 0 Å². The summed E-state index contributed by atoms with van der Waals surface area (Å²) in [5.41, 5.74) is 2.59. The molecule has 0 radical (unpaired) electrons. The van der Waals surface area contributed by atoms with Crippen molar-refractivity contribution < 1.29 is 24.3 Å². The average Bonchev–Trinajstić information content (AvgIpc) is 3.44. The van der Waals surface area contributed by atoms with Crippen molar-refractivity contribution in [2.45, 2.75) is 84.5 Å². The maximum atomic E-state index is 13.8. The van der Waals surface area contributed by atoms with E-state index in [1.54, 1.807) is 26.3 Å². The number of benzene rings is 1. The van der Waals surface area contributed by atoms with Gasteiger partial charge in [0, 0.05) is 19.4 Å². The number of ketones is 1. The van der Waals surface area contributed by atoms with Gasteiger partial charge in [-0.05, 0) is 43.2 Å². The van der Waals surface area contributed by atoms with Gasteiger partial charge in [0.05, 0.1) is 34.3 Å². The highest BCUT2D eigenvalue weighted by Crippen LogP contribution is 2.45. The molecule has 1 saturated heterocycles. The lowest BCUT2D eigenvalue weighted by Gasteiger charge is -2.36. The van der Waals surface area contributed by atoms with Crippen LogP contribution in [-0.4, -0.2) is 63.2 Å². The molecule has 1 aliphatic carbocycles. The van der Waals surface area contributed by atoms with Crippen molar-refractivity contribution >= 4 is 34.8 Å². The van der Waals surface area contributed by atoms with Crippen molar-refractivity contribution in [2.24, 2.45) is 10.8 Å². The number of rotatable bonds is 9. The van der Waals surface area contributed by atoms with Crippen LogP contribution in [0.1, 0.15) is 70.7 Å². The molecule has 1 aromatic heterocycles. The van der Waals surface area contributed by atoms with Gasteiger partial charge in [0.1, 0.15) is 23.3 Å². The molecular weight excluding hydrogens is 542 g/mol. The highest BCUT2D eigenvalue weighted by Gasteiger charge is 2.53. The molecule has 2 aliphatic rings. The Morgan fingerprint density at radius 2 is 1.85 bits per heavy atom. The van der Waals surface area contributed by atoms with Crippen molar-refractivity contribution in [3.63, 3.8) is 0 Å². The molecule has 1 aromatic carbocycles. The summed E-state index contributed by atoms with van der Waals surface area (Å²) >= 11 is 1.53. The minimum absolute atomic E-state index is 0.0287. The summed E-state index contributed by atoms with van der Waals surface area (Å²) in [6, 6.07) is 7.01. The minimum Gasteiger partial charge on any atom is -0.391 e. The maximum Gasteiger partial charge on any atom is 0.246 e. The van der Waals surface area contributed by atoms with Crippen molar-refractivity contribution in [1.82, 2.24) is 20.5 Å². The smallest absolute Gasteiger partial charge is 0.246 e. The Bertz CT molecular complexity index is 1370. The van der Waals surface area contributed by atoms with E-state index in [-0.39, 0.29) is 25.2 Å². The van der Waals surface area contributed by atoms with Gasteiger partial charge in [0.15, 0.2) is 0 Å². The highest BCUT2D eigenvalue weighted by molar-refractivity contribution is 7.13. The number of hydrogen-bond acceptors (Lipinski definition) is 8. The monoisotopic (exact) mass is 579 g/mol. The first-order chi connectivity index (χ1) is 19.3. The second-order valence-corrected chi connectivity index (χ2v) is 13.1. The number of aromatic nitrogens is 1. The molecule has 3 amide bonds. The van der Waals surface area contributed by atoms with Gasteiger partial charge in [0.25, 0.3) is 0 Å². The number of amides is 3. The largest absolute Gasteiger partial charge is 0.391 e. The number of aliphatic hydroxyl groups is 1. The zero-order valence-electron chi connectivity index (χ0n) is 24.1. The SMILES string of the molecule is CC(=O)C[C@H](NC(=O)[C@@H]1C[C@@H](O)CN1C(=O)[C@@H](NC(=O)C1(C#N)CC1)C(C)(C)C)c1ccc(-c2scnc2C)cc1. The standard InChI is InChI=1S/C30H37N5O5S/c1-17(36)12-22(19-6-8-20(9-7-19)24-18(2)32-16-41-24)33-26(38)23-13-21(37)14-35(23)27(39)25(29(3,4)5)34-28(40)30(15-31)10-11-30/h6-9,16,21-23,25,37H,10-14H2,1-5H3,(H,33,38)(H,34,40)/t21-,22+,23+,25-/m1/s1. The van der Waals surface area contributed by atoms with E-state index in [0.717, 1.165) is 21.7 Å². The second-order valence-electron chi connectivity index (χ2n) is 12.2. The van der Waals surface area contributed by atoms with Gasteiger partial charge in [-0.15, -0.1) is 11.3 Å². The van der Waals surface area contributed by atoms with Gasteiger partial charge in [0.2, 0.25) is 17.7 Å². The normalized spacial score (nSPS) is 21.0. The number of hydrogen-bond donors (Lipinski definition) is 3. The maximum absolute atomic E-state index is 13.8. The third kappa shape index (κ3) is 6.66. The molecule has 1 aliphatic heterocycles. The van der Waals surface area contributed by atoms with E-state index in [2.05, 4.69) is 15.6 Å². The number of β-amino-alcohol motifs (C(OH)–C–C–N with tert-alkyl or cyclic N) is 1. The number of Topliss-reactive ketones (excluding diaryl/α,β-unsaturated/α-hetero) is 1. The third-order valence-corrected chi connectivity index (χ3v) is 8.76. The Hall–Kier alpha value is -3.62. The Kier molecular flexibility index (Phi) is 8.66. The molecular formula is C30H37N5O5S. The molecule has 1 saturated carbocycles. The Morgan fingerprint density at radius 3 is 2.37 bits per heavy atom. The molecule has 4 atom stereocenters. The van der Waals surface area contributed by atoms with Crippen LogP contribution in [0, 0.1) is 29.1 Å². The van der Waals surface area contributed by atoms with E-state index in [1.165, 1.54) is 23.2 Å². The molecule has 2 aromatic rings. The summed E-state index contributed by atoms with van der Waals surface area (Å²) in [5, 5.41) is 25.6. The molecule has 2 fully saturated rings. The first kappa shape index (κ1) is 30.3. The van der Waals surface area contributed by atoms with Crippen molar-refractivity contribution in [3.05, 3.63) is 41.0 Å². The van der Waals surface area contributed by atoms with Gasteiger partial charge in [-0.1, -0.05) is 45.0 Å². The first-order valence-corrected chi connectivity index (χ1v) is 14.6. The number of aliphatic hydroxyl groups excluding tert-OH is 1. The predicted molar refractivity (Wildman–Crippen MR) is 153 cm³/mol. The van der Waals surface area contributed by atoms with Crippen LogP contribution in [0.25, 0.3) is 10.4 Å². The van der Waals surface area contributed by atoms with E-state index in [9.17, 15) is 29.5 Å². The Morgan fingerprint density at radius 1 is 1.20 bits per heavy atom. The molecule has 0 bridgehead atoms. The predicted octanol–water partition coefficient (Wildman–Crippen LogP) is 3.05. The Balaban J connectivity index is 1.53. The van der Waals surface area contributed by atoms with Crippen LogP contribution < -0.4 is 10.6 Å². The molecule has 41 heavy (non-hydrogen) atoms. The van der Waals surface area contributed by atoms with Crippen molar-refractivity contribution in [1.29, 1.82) is 5.26 Å². The molecule has 4 rings (SSSR count). The highest BCUT2D eigenvalue weighted by atomic mass is 32.1. The fraction of sp³-hybridized carbons (Fsp3) is 0.533. The van der Waals surface area contributed by atoms with Gasteiger partial charge in [-0.2, -0.15) is 5.26 Å². The molecule has 11 heteroatoms. The number of aryl methyl sites for hydroxylation is 1. The molecule has 3 N–H and O–H groups in total. The minimum atomic E-state index is -1.11. The fourth-order valence-corrected chi connectivity index (χ4v) is 5.97. The molecule has 0 spiro atoms. The molecule has 2 heterocycles. The van der Waals surface area contributed by atoms with Crippen LogP contribution >= 0.6 is 11.3 Å². The first-order valence-electron chi connectivity index (χ1n) is 13.8. The zero-order valence-corrected chi connectivity index (χ0v) is 24.9. The van der Waals surface area contributed by atoms with Crippen LogP contribution in [0.2, 0.25) is 0 Å². The lowest BCUT2D eigenvalue weighted by atomic mass is 9.85. The van der Waals surface area contributed by atoms with Crippen molar-refractivity contribution in [2.75, 3.05) is 6.54 Å². The van der Waals surface area contributed by atoms with Crippen LogP contribution in [0.5, 0.6) is 0 Å². The number of carbonyl (C=O) groups excluding carboxylic acids is 4. The lowest BCUT2D eigenvalue weighted by molar-refractivity contribution is -0.144. The number of nitriles is 1.